The molecule has 1 saturated heterocycles. The number of halogens is 1. The quantitative estimate of drug-likeness (QED) is 0.667. The van der Waals surface area contributed by atoms with Gasteiger partial charge in [-0.05, 0) is 13.0 Å². The van der Waals surface area contributed by atoms with Crippen molar-refractivity contribution >= 4 is 30.7 Å². The summed E-state index contributed by atoms with van der Waals surface area (Å²) >= 11 is 4.56. The van der Waals surface area contributed by atoms with Gasteiger partial charge in [-0.2, -0.15) is 5.10 Å². The number of hydrazone groups is 1. The van der Waals surface area contributed by atoms with E-state index in [0.717, 1.165) is 0 Å². The molecule has 1 aromatic rings. The zero-order valence-corrected chi connectivity index (χ0v) is 13.3. The Bertz CT molecular complexity index is 694. The molecule has 0 radical (unpaired) electrons. The number of hydrogen-bond donors (Lipinski definition) is 1. The number of carbonyl (C=O) groups is 1. The van der Waals surface area contributed by atoms with Crippen LogP contribution in [0, 0.1) is 5.82 Å². The van der Waals surface area contributed by atoms with Gasteiger partial charge < -0.3 is 4.90 Å². The predicted octanol–water partition coefficient (Wildman–Crippen LogP) is 1.80. The second-order valence-corrected chi connectivity index (χ2v) is 5.94. The molecule has 22 heavy (non-hydrogen) atoms. The summed E-state index contributed by atoms with van der Waals surface area (Å²) in [5.74, 6) is 0.254. The lowest BCUT2D eigenvalue weighted by Gasteiger charge is -2.29. The summed E-state index contributed by atoms with van der Waals surface area (Å²) in [7, 11) is 3.31. The lowest BCUT2D eigenvalue weighted by atomic mass is 10.2. The van der Waals surface area contributed by atoms with Crippen LogP contribution in [0.4, 0.5) is 9.18 Å². The molecule has 0 bridgehead atoms. The van der Waals surface area contributed by atoms with Crippen LogP contribution in [0.25, 0.3) is 0 Å². The van der Waals surface area contributed by atoms with Crippen LogP contribution >= 0.6 is 12.6 Å². The van der Waals surface area contributed by atoms with Crippen molar-refractivity contribution in [3.8, 4) is 0 Å². The Morgan fingerprint density at radius 2 is 2.09 bits per heavy atom. The lowest BCUT2D eigenvalue weighted by Crippen LogP contribution is -2.47. The zero-order chi connectivity index (χ0) is 16.1. The zero-order valence-electron chi connectivity index (χ0n) is 12.4. The van der Waals surface area contributed by atoms with E-state index in [1.54, 1.807) is 44.2 Å². The third-order valence-electron chi connectivity index (χ3n) is 3.91. The lowest BCUT2D eigenvalue weighted by molar-refractivity contribution is 0.163. The third kappa shape index (κ3) is 1.98. The van der Waals surface area contributed by atoms with E-state index in [0.29, 0.717) is 11.4 Å². The Morgan fingerprint density at radius 1 is 1.41 bits per heavy atom. The highest BCUT2D eigenvalue weighted by molar-refractivity contribution is 7.81. The van der Waals surface area contributed by atoms with E-state index < -0.39 is 11.2 Å². The molecule has 1 aromatic carbocycles. The van der Waals surface area contributed by atoms with E-state index in [4.69, 9.17) is 0 Å². The molecule has 116 valence electrons. The van der Waals surface area contributed by atoms with Crippen LogP contribution in [0.3, 0.4) is 0 Å². The Morgan fingerprint density at radius 3 is 2.77 bits per heavy atom. The highest BCUT2D eigenvalue weighted by atomic mass is 32.1. The molecular formula is C14H16FN5OS. The van der Waals surface area contributed by atoms with E-state index >= 15 is 0 Å². The molecule has 6 nitrogen and oxygen atoms in total. The molecule has 2 heterocycles. The number of nitrogens with zero attached hydrogens (tertiary/aromatic N) is 5. The normalized spacial score (nSPS) is 27.9. The van der Waals surface area contributed by atoms with Gasteiger partial charge in [0.15, 0.2) is 6.17 Å². The van der Waals surface area contributed by atoms with E-state index in [1.807, 2.05) is 0 Å². The van der Waals surface area contributed by atoms with Gasteiger partial charge in [-0.15, -0.1) is 12.6 Å². The highest BCUT2D eigenvalue weighted by Gasteiger charge is 2.59. The summed E-state index contributed by atoms with van der Waals surface area (Å²) in [5.41, 5.74) is 0.368. The van der Waals surface area contributed by atoms with Crippen molar-refractivity contribution in [2.45, 2.75) is 18.1 Å². The number of hydrogen-bond acceptors (Lipinski definition) is 5. The maximum absolute atomic E-state index is 13.7. The van der Waals surface area contributed by atoms with Crippen molar-refractivity contribution in [1.82, 2.24) is 14.8 Å². The maximum atomic E-state index is 13.7. The molecule has 0 aliphatic carbocycles. The Labute approximate surface area is 133 Å². The fourth-order valence-corrected chi connectivity index (χ4v) is 3.21. The molecule has 2 aliphatic heterocycles. The highest BCUT2D eigenvalue weighted by Crippen LogP contribution is 2.41. The van der Waals surface area contributed by atoms with E-state index in [1.165, 1.54) is 22.1 Å². The summed E-state index contributed by atoms with van der Waals surface area (Å²) in [4.78, 5) is 18.5. The monoisotopic (exact) mass is 321 g/mol. The van der Waals surface area contributed by atoms with Crippen LogP contribution in [-0.4, -0.2) is 58.1 Å². The summed E-state index contributed by atoms with van der Waals surface area (Å²) in [6, 6.07) is 6.16. The Hall–Kier alpha value is -2.09. The minimum atomic E-state index is -0.998. The van der Waals surface area contributed by atoms with Crippen molar-refractivity contribution in [2.75, 3.05) is 14.1 Å². The van der Waals surface area contributed by atoms with Crippen molar-refractivity contribution in [1.29, 1.82) is 0 Å². The number of fused-ring (bicyclic) bond motifs is 1. The Kier molecular flexibility index (Phi) is 3.36. The van der Waals surface area contributed by atoms with Crippen molar-refractivity contribution in [3.63, 3.8) is 0 Å². The molecule has 2 amide bonds. The smallest absolute Gasteiger partial charge is 0.300 e. The Balaban J connectivity index is 1.94. The molecule has 0 saturated carbocycles. The maximum Gasteiger partial charge on any atom is 0.324 e. The number of benzene rings is 1. The summed E-state index contributed by atoms with van der Waals surface area (Å²) in [5, 5.41) is 5.89. The molecule has 2 atom stereocenters. The number of amidine groups is 1. The van der Waals surface area contributed by atoms with E-state index in [9.17, 15) is 9.18 Å². The second kappa shape index (κ2) is 4.98. The van der Waals surface area contributed by atoms with Gasteiger partial charge in [-0.25, -0.2) is 19.2 Å². The molecule has 8 heteroatoms. The topological polar surface area (TPSA) is 51.5 Å². The van der Waals surface area contributed by atoms with Crippen molar-refractivity contribution in [2.24, 2.45) is 10.1 Å². The molecular weight excluding hydrogens is 305 g/mol. The number of likely N-dealkylation sites (N-methyl/N-ethyl adjacent to an activating group) is 2. The molecule has 0 spiro atoms. The molecule has 3 rings (SSSR count). The number of aliphatic imine (C=N–C) groups is 1. The van der Waals surface area contributed by atoms with Crippen LogP contribution in [-0.2, 0) is 0 Å². The van der Waals surface area contributed by atoms with Crippen LogP contribution in [0.15, 0.2) is 34.4 Å². The average molecular weight is 321 g/mol. The first-order chi connectivity index (χ1) is 10.4. The summed E-state index contributed by atoms with van der Waals surface area (Å²) in [6.45, 7) is 1.78. The third-order valence-corrected chi connectivity index (χ3v) is 4.54. The van der Waals surface area contributed by atoms with Crippen molar-refractivity contribution in [3.05, 3.63) is 35.6 Å². The van der Waals surface area contributed by atoms with Crippen LogP contribution in [0.5, 0.6) is 0 Å². The molecule has 0 aromatic heterocycles. The van der Waals surface area contributed by atoms with Crippen LogP contribution < -0.4 is 0 Å². The molecule has 2 unspecified atom stereocenters. The van der Waals surface area contributed by atoms with Gasteiger partial charge in [-0.1, -0.05) is 18.2 Å². The fourth-order valence-electron chi connectivity index (χ4n) is 2.69. The first-order valence-corrected chi connectivity index (χ1v) is 7.18. The molecule has 0 N–H and O–H groups in total. The van der Waals surface area contributed by atoms with Gasteiger partial charge in [-0.3, -0.25) is 4.90 Å². The number of thiol groups is 1. The molecule has 2 aliphatic rings. The van der Waals surface area contributed by atoms with Crippen molar-refractivity contribution < 1.29 is 9.18 Å². The number of urea groups is 1. The van der Waals surface area contributed by atoms with E-state index in [2.05, 4.69) is 22.7 Å². The average Bonchev–Trinajstić information content (AvgIpc) is 2.83. The fraction of sp³-hybridized carbons (Fsp3) is 0.357. The first kappa shape index (κ1) is 14.8. The van der Waals surface area contributed by atoms with Gasteiger partial charge in [0.2, 0.25) is 4.99 Å². The van der Waals surface area contributed by atoms with Crippen LogP contribution in [0.2, 0.25) is 0 Å². The minimum absolute atomic E-state index is 0.192. The second-order valence-electron chi connectivity index (χ2n) is 5.28. The van der Waals surface area contributed by atoms with Gasteiger partial charge in [0, 0.05) is 19.7 Å². The number of carbonyl (C=O) groups excluding carboxylic acids is 1. The SMILES string of the molecule is CC1=NC2(S)C(N(C)C(=O)N2C)N1/N=C/c1ccccc1F. The number of rotatable bonds is 2. The molecule has 1 fully saturated rings. The van der Waals surface area contributed by atoms with Gasteiger partial charge in [0.25, 0.3) is 0 Å². The van der Waals surface area contributed by atoms with Crippen LogP contribution in [0.1, 0.15) is 12.5 Å². The van der Waals surface area contributed by atoms with E-state index in [-0.39, 0.29) is 11.8 Å². The van der Waals surface area contributed by atoms with Gasteiger partial charge >= 0.3 is 6.03 Å². The standard InChI is InChI=1S/C14H16FN5OS/c1-9-17-14(22)12(18(2)13(21)19(14)3)20(9)16-8-10-6-4-5-7-11(10)15/h4-8,12,22H,1-3H3/b16-8+. The minimum Gasteiger partial charge on any atom is -0.300 e. The van der Waals surface area contributed by atoms with Gasteiger partial charge in [0.05, 0.1) is 6.21 Å². The van der Waals surface area contributed by atoms with Gasteiger partial charge in [0.1, 0.15) is 11.7 Å². The summed E-state index contributed by atoms with van der Waals surface area (Å²) in [6.07, 6.45) is 0.946. The predicted molar refractivity (Wildman–Crippen MR) is 85.4 cm³/mol. The largest absolute Gasteiger partial charge is 0.324 e. The number of amides is 2. The summed E-state index contributed by atoms with van der Waals surface area (Å²) < 4.78 is 13.7. The first-order valence-electron chi connectivity index (χ1n) is 6.73.